The molecule has 1 heterocycles. The first-order chi connectivity index (χ1) is 3.79. The third-order valence-corrected chi connectivity index (χ3v) is 2.15. The SMILES string of the molecule is N.O=[P+]1OCO[P+](=O)O1. The molecule has 9 heavy (non-hydrogen) atoms. The van der Waals surface area contributed by atoms with E-state index >= 15 is 0 Å². The van der Waals surface area contributed by atoms with Crippen LogP contribution < -0.4 is 6.15 Å². The van der Waals surface area contributed by atoms with Crippen LogP contribution >= 0.6 is 16.5 Å². The zero-order chi connectivity index (χ0) is 5.98. The van der Waals surface area contributed by atoms with Gasteiger partial charge in [0.1, 0.15) is 0 Å². The largest absolute Gasteiger partial charge is 0.750 e. The summed E-state index contributed by atoms with van der Waals surface area (Å²) in [5, 5.41) is 0. The maximum Gasteiger partial charge on any atom is 0.750 e. The maximum atomic E-state index is 10.1. The summed E-state index contributed by atoms with van der Waals surface area (Å²) in [6.07, 6.45) is 0. The summed E-state index contributed by atoms with van der Waals surface area (Å²) in [7, 11) is -4.38. The van der Waals surface area contributed by atoms with Crippen molar-refractivity contribution in [2.75, 3.05) is 6.79 Å². The Labute approximate surface area is 53.0 Å². The van der Waals surface area contributed by atoms with Crippen LogP contribution in [0.3, 0.4) is 0 Å². The fourth-order valence-electron chi connectivity index (χ4n) is 0.211. The van der Waals surface area contributed by atoms with Gasteiger partial charge in [-0.25, -0.2) is 0 Å². The van der Waals surface area contributed by atoms with Gasteiger partial charge in [-0.2, -0.15) is 0 Å². The van der Waals surface area contributed by atoms with Crippen LogP contribution in [-0.2, 0) is 22.5 Å². The zero-order valence-corrected chi connectivity index (χ0v) is 6.14. The molecule has 2 atom stereocenters. The highest BCUT2D eigenvalue weighted by molar-refractivity contribution is 7.48. The van der Waals surface area contributed by atoms with E-state index in [2.05, 4.69) is 13.4 Å². The van der Waals surface area contributed by atoms with Crippen LogP contribution in [0.4, 0.5) is 0 Å². The summed E-state index contributed by atoms with van der Waals surface area (Å²) >= 11 is 0. The Kier molecular flexibility index (Phi) is 3.97. The second-order valence-corrected chi connectivity index (χ2v) is 2.97. The highest BCUT2D eigenvalue weighted by Crippen LogP contribution is 2.44. The molecule has 1 aliphatic heterocycles. The molecule has 0 saturated carbocycles. The summed E-state index contributed by atoms with van der Waals surface area (Å²) in [6, 6.07) is 0. The lowest BCUT2D eigenvalue weighted by Gasteiger charge is -1.82. The third-order valence-electron chi connectivity index (χ3n) is 0.450. The second-order valence-electron chi connectivity index (χ2n) is 0.905. The predicted molar refractivity (Wildman–Crippen MR) is 28.4 cm³/mol. The maximum absolute atomic E-state index is 10.1. The van der Waals surface area contributed by atoms with E-state index in [1.165, 1.54) is 0 Å². The highest BCUT2D eigenvalue weighted by atomic mass is 31.2. The van der Waals surface area contributed by atoms with Gasteiger partial charge in [-0.1, -0.05) is 9.05 Å². The summed E-state index contributed by atoms with van der Waals surface area (Å²) in [5.41, 5.74) is 0. The molecule has 3 N–H and O–H groups in total. The van der Waals surface area contributed by atoms with Crippen LogP contribution in [0.5, 0.6) is 0 Å². The molecule has 52 valence electrons. The number of hydrogen-bond donors (Lipinski definition) is 1. The molecule has 0 amide bonds. The average Bonchev–Trinajstić information content (AvgIpc) is 1.64. The molecule has 0 bridgehead atoms. The van der Waals surface area contributed by atoms with Crippen molar-refractivity contribution in [3.05, 3.63) is 0 Å². The zero-order valence-electron chi connectivity index (χ0n) is 4.35. The van der Waals surface area contributed by atoms with Gasteiger partial charge in [-0.15, -0.1) is 0 Å². The standard InChI is InChI=1S/CH2O5P2.H3N/c2-7-4-1-5-8(3)6-7;/h1H2;1H3/q+2;. The quantitative estimate of drug-likeness (QED) is 0.557. The summed E-state index contributed by atoms with van der Waals surface area (Å²) in [4.78, 5) is 0. The number of rotatable bonds is 0. The molecule has 8 heteroatoms. The van der Waals surface area contributed by atoms with Gasteiger partial charge in [0.25, 0.3) is 6.79 Å². The van der Waals surface area contributed by atoms with Gasteiger partial charge in [0.2, 0.25) is 0 Å². The highest BCUT2D eigenvalue weighted by Gasteiger charge is 2.46. The minimum absolute atomic E-state index is 0. The van der Waals surface area contributed by atoms with E-state index in [9.17, 15) is 9.13 Å². The van der Waals surface area contributed by atoms with Crippen molar-refractivity contribution in [3.8, 4) is 0 Å². The lowest BCUT2D eigenvalue weighted by Crippen LogP contribution is -1.93. The lowest BCUT2D eigenvalue weighted by molar-refractivity contribution is 0.0870. The molecule has 2 unspecified atom stereocenters. The first-order valence-corrected chi connectivity index (χ1v) is 3.86. The van der Waals surface area contributed by atoms with E-state index in [1.807, 2.05) is 0 Å². The number of hydrogen-bond acceptors (Lipinski definition) is 6. The normalized spacial score (nSPS) is 27.1. The molecular formula is CH5NO5P2+2. The van der Waals surface area contributed by atoms with E-state index in [4.69, 9.17) is 0 Å². The molecule has 1 rings (SSSR count). The van der Waals surface area contributed by atoms with E-state index in [0.717, 1.165) is 0 Å². The monoisotopic (exact) mass is 173 g/mol. The molecule has 0 spiro atoms. The molecule has 6 nitrogen and oxygen atoms in total. The predicted octanol–water partition coefficient (Wildman–Crippen LogP) is 1.48. The van der Waals surface area contributed by atoms with Gasteiger partial charge in [-0.05, 0) is 0 Å². The van der Waals surface area contributed by atoms with Crippen LogP contribution in [0, 0.1) is 0 Å². The molecule has 0 aromatic heterocycles. The Morgan fingerprint density at radius 1 is 1.11 bits per heavy atom. The van der Waals surface area contributed by atoms with Crippen LogP contribution in [0.25, 0.3) is 0 Å². The van der Waals surface area contributed by atoms with Crippen LogP contribution in [-0.4, -0.2) is 6.79 Å². The molecule has 1 fully saturated rings. The van der Waals surface area contributed by atoms with E-state index < -0.39 is 16.5 Å². The minimum Gasteiger partial charge on any atom is -0.344 e. The molecule has 0 aromatic carbocycles. The van der Waals surface area contributed by atoms with Gasteiger partial charge >= 0.3 is 16.5 Å². The Morgan fingerprint density at radius 2 is 1.56 bits per heavy atom. The van der Waals surface area contributed by atoms with E-state index in [-0.39, 0.29) is 12.9 Å². The Hall–Kier alpha value is 0.0400. The summed E-state index contributed by atoms with van der Waals surface area (Å²) in [5.74, 6) is 0. The van der Waals surface area contributed by atoms with Crippen molar-refractivity contribution in [1.82, 2.24) is 6.15 Å². The van der Waals surface area contributed by atoms with E-state index in [0.29, 0.717) is 0 Å². The minimum atomic E-state index is -2.19. The van der Waals surface area contributed by atoms with Crippen molar-refractivity contribution in [1.29, 1.82) is 0 Å². The summed E-state index contributed by atoms with van der Waals surface area (Å²) in [6.45, 7) is -0.218. The van der Waals surface area contributed by atoms with Crippen molar-refractivity contribution >= 4 is 16.5 Å². The van der Waals surface area contributed by atoms with Crippen molar-refractivity contribution < 1.29 is 22.5 Å². The topological polar surface area (TPSA) is 96.8 Å². The van der Waals surface area contributed by atoms with E-state index in [1.54, 1.807) is 0 Å². The summed E-state index contributed by atoms with van der Waals surface area (Å²) < 4.78 is 32.7. The molecule has 1 aliphatic rings. The van der Waals surface area contributed by atoms with Gasteiger partial charge < -0.3 is 6.15 Å². The third kappa shape index (κ3) is 2.91. The van der Waals surface area contributed by atoms with Crippen molar-refractivity contribution in [3.63, 3.8) is 0 Å². The first-order valence-electron chi connectivity index (χ1n) is 1.67. The Bertz CT molecular complexity index is 121. The van der Waals surface area contributed by atoms with Crippen LogP contribution in [0.1, 0.15) is 0 Å². The van der Waals surface area contributed by atoms with Gasteiger partial charge in [0.05, 0.1) is 0 Å². The second kappa shape index (κ2) is 3.95. The molecule has 0 radical (unpaired) electrons. The van der Waals surface area contributed by atoms with Gasteiger partial charge in [0, 0.05) is 9.13 Å². The van der Waals surface area contributed by atoms with Crippen molar-refractivity contribution in [2.45, 2.75) is 0 Å². The fourth-order valence-corrected chi connectivity index (χ4v) is 1.38. The molecular weight excluding hydrogens is 168 g/mol. The first kappa shape index (κ1) is 9.04. The Balaban J connectivity index is 0.000000640. The van der Waals surface area contributed by atoms with Crippen LogP contribution in [0.2, 0.25) is 0 Å². The molecule has 1 saturated heterocycles. The fraction of sp³-hybridized carbons (Fsp3) is 1.00. The Morgan fingerprint density at radius 3 is 1.78 bits per heavy atom. The molecule has 0 aromatic rings. The lowest BCUT2D eigenvalue weighted by atomic mass is 11.6. The smallest absolute Gasteiger partial charge is 0.344 e. The van der Waals surface area contributed by atoms with Crippen LogP contribution in [0.15, 0.2) is 0 Å². The van der Waals surface area contributed by atoms with Crippen molar-refractivity contribution in [2.24, 2.45) is 0 Å². The molecule has 0 aliphatic carbocycles. The van der Waals surface area contributed by atoms with Gasteiger partial charge in [0.15, 0.2) is 4.31 Å². The van der Waals surface area contributed by atoms with Gasteiger partial charge in [-0.3, -0.25) is 0 Å². The average molecular weight is 173 g/mol.